The number of amides is 1. The molecule has 0 spiro atoms. The molecule has 1 aromatic heterocycles. The Morgan fingerprint density at radius 2 is 1.64 bits per heavy atom. The summed E-state index contributed by atoms with van der Waals surface area (Å²) in [5.41, 5.74) is 2.50. The highest BCUT2D eigenvalue weighted by Gasteiger charge is 2.16. The van der Waals surface area contributed by atoms with E-state index in [0.29, 0.717) is 22.3 Å². The summed E-state index contributed by atoms with van der Waals surface area (Å²) in [4.78, 5) is 29.0. The highest BCUT2D eigenvalue weighted by atomic mass is 32.2. The SMILES string of the molecule is CC(CCc1ccccc1)NC(=O)c1ccc(NS(=O)(=O)c2ccc3[nH]c(=O)[nH]c3c2)cc1. The number of hydrogen-bond donors (Lipinski definition) is 4. The summed E-state index contributed by atoms with van der Waals surface area (Å²) >= 11 is 0. The van der Waals surface area contributed by atoms with Gasteiger partial charge in [0.25, 0.3) is 15.9 Å². The molecule has 8 nitrogen and oxygen atoms in total. The number of aromatic nitrogens is 2. The molecule has 1 unspecified atom stereocenters. The zero-order valence-electron chi connectivity index (χ0n) is 18.0. The Balaban J connectivity index is 1.37. The van der Waals surface area contributed by atoms with Gasteiger partial charge in [0.1, 0.15) is 0 Å². The number of aromatic amines is 2. The third-order valence-corrected chi connectivity index (χ3v) is 6.66. The molecule has 4 rings (SSSR count). The van der Waals surface area contributed by atoms with E-state index in [4.69, 9.17) is 0 Å². The van der Waals surface area contributed by atoms with E-state index < -0.39 is 15.7 Å². The number of aryl methyl sites for hydroxylation is 1. The van der Waals surface area contributed by atoms with Gasteiger partial charge in [-0.1, -0.05) is 30.3 Å². The quantitative estimate of drug-likeness (QED) is 0.319. The van der Waals surface area contributed by atoms with E-state index in [1.807, 2.05) is 25.1 Å². The van der Waals surface area contributed by atoms with Crippen LogP contribution in [0.2, 0.25) is 0 Å². The molecule has 3 aromatic carbocycles. The van der Waals surface area contributed by atoms with Crippen LogP contribution in [0.15, 0.2) is 82.5 Å². The topological polar surface area (TPSA) is 124 Å². The summed E-state index contributed by atoms with van der Waals surface area (Å²) < 4.78 is 27.9. The van der Waals surface area contributed by atoms with Gasteiger partial charge in [0.2, 0.25) is 0 Å². The molecular formula is C24H24N4O4S. The second-order valence-corrected chi connectivity index (χ2v) is 9.55. The maximum atomic E-state index is 12.7. The van der Waals surface area contributed by atoms with Crippen LogP contribution in [0.3, 0.4) is 0 Å². The van der Waals surface area contributed by atoms with Crippen molar-refractivity contribution < 1.29 is 13.2 Å². The predicted octanol–water partition coefficient (Wildman–Crippen LogP) is 3.41. The average molecular weight is 465 g/mol. The molecule has 0 bridgehead atoms. The van der Waals surface area contributed by atoms with Crippen molar-refractivity contribution in [3.63, 3.8) is 0 Å². The normalized spacial score (nSPS) is 12.4. The number of sulfonamides is 1. The minimum atomic E-state index is -3.87. The predicted molar refractivity (Wildman–Crippen MR) is 128 cm³/mol. The largest absolute Gasteiger partial charge is 0.350 e. The van der Waals surface area contributed by atoms with Gasteiger partial charge in [0, 0.05) is 17.3 Å². The maximum Gasteiger partial charge on any atom is 0.323 e. The lowest BCUT2D eigenvalue weighted by atomic mass is 10.1. The zero-order valence-corrected chi connectivity index (χ0v) is 18.8. The molecule has 33 heavy (non-hydrogen) atoms. The maximum absolute atomic E-state index is 12.7. The van der Waals surface area contributed by atoms with Gasteiger partial charge in [-0.25, -0.2) is 13.2 Å². The minimum Gasteiger partial charge on any atom is -0.350 e. The fourth-order valence-corrected chi connectivity index (χ4v) is 4.57. The van der Waals surface area contributed by atoms with Crippen LogP contribution in [-0.2, 0) is 16.4 Å². The van der Waals surface area contributed by atoms with E-state index in [9.17, 15) is 18.0 Å². The number of benzene rings is 3. The first-order chi connectivity index (χ1) is 15.8. The number of anilines is 1. The summed E-state index contributed by atoms with van der Waals surface area (Å²) in [5.74, 6) is -0.216. The number of imidazole rings is 1. The molecule has 1 heterocycles. The van der Waals surface area contributed by atoms with Gasteiger partial charge < -0.3 is 15.3 Å². The highest BCUT2D eigenvalue weighted by Crippen LogP contribution is 2.19. The number of H-pyrrole nitrogens is 2. The van der Waals surface area contributed by atoms with Gasteiger partial charge in [-0.2, -0.15) is 0 Å². The van der Waals surface area contributed by atoms with E-state index >= 15 is 0 Å². The minimum absolute atomic E-state index is 0.00863. The van der Waals surface area contributed by atoms with Crippen molar-refractivity contribution in [1.29, 1.82) is 0 Å². The third-order valence-electron chi connectivity index (χ3n) is 5.28. The van der Waals surface area contributed by atoms with Crippen molar-refractivity contribution in [2.45, 2.75) is 30.7 Å². The lowest BCUT2D eigenvalue weighted by Crippen LogP contribution is -2.32. The lowest BCUT2D eigenvalue weighted by molar-refractivity contribution is 0.0938. The summed E-state index contributed by atoms with van der Waals surface area (Å²) in [6.45, 7) is 1.96. The molecule has 0 saturated heterocycles. The molecule has 0 aliphatic rings. The van der Waals surface area contributed by atoms with Crippen molar-refractivity contribution in [3.05, 3.63) is 94.4 Å². The van der Waals surface area contributed by atoms with Gasteiger partial charge in [-0.15, -0.1) is 0 Å². The summed E-state index contributed by atoms with van der Waals surface area (Å²) in [7, 11) is -3.87. The Kier molecular flexibility index (Phi) is 6.32. The van der Waals surface area contributed by atoms with Gasteiger partial charge in [0.15, 0.2) is 0 Å². The van der Waals surface area contributed by atoms with Crippen molar-refractivity contribution >= 4 is 32.7 Å². The van der Waals surface area contributed by atoms with Gasteiger partial charge >= 0.3 is 5.69 Å². The first-order valence-electron chi connectivity index (χ1n) is 10.5. The molecule has 0 fully saturated rings. The van der Waals surface area contributed by atoms with E-state index in [-0.39, 0.29) is 16.8 Å². The second-order valence-electron chi connectivity index (χ2n) is 7.87. The zero-order chi connectivity index (χ0) is 23.4. The van der Waals surface area contributed by atoms with Crippen LogP contribution in [0.25, 0.3) is 11.0 Å². The van der Waals surface area contributed by atoms with Crippen molar-refractivity contribution in [3.8, 4) is 0 Å². The van der Waals surface area contributed by atoms with Crippen molar-refractivity contribution in [2.24, 2.45) is 0 Å². The molecule has 9 heteroatoms. The van der Waals surface area contributed by atoms with Crippen LogP contribution in [0.4, 0.5) is 5.69 Å². The summed E-state index contributed by atoms with van der Waals surface area (Å²) in [6.07, 6.45) is 1.68. The van der Waals surface area contributed by atoms with Crippen LogP contribution < -0.4 is 15.7 Å². The number of fused-ring (bicyclic) bond motifs is 1. The molecule has 0 aliphatic heterocycles. The monoisotopic (exact) mass is 464 g/mol. The molecule has 0 radical (unpaired) electrons. The molecule has 4 N–H and O–H groups in total. The van der Waals surface area contributed by atoms with Crippen LogP contribution in [0, 0.1) is 0 Å². The summed E-state index contributed by atoms with van der Waals surface area (Å²) in [5, 5.41) is 2.97. The van der Waals surface area contributed by atoms with Crippen molar-refractivity contribution in [2.75, 3.05) is 4.72 Å². The Bertz CT molecular complexity index is 1420. The fourth-order valence-electron chi connectivity index (χ4n) is 3.49. The van der Waals surface area contributed by atoms with Gasteiger partial charge in [-0.3, -0.25) is 9.52 Å². The first kappa shape index (κ1) is 22.3. The third kappa shape index (κ3) is 5.50. The van der Waals surface area contributed by atoms with Crippen LogP contribution >= 0.6 is 0 Å². The Morgan fingerprint density at radius 3 is 2.36 bits per heavy atom. The number of rotatable bonds is 8. The molecule has 0 aliphatic carbocycles. The van der Waals surface area contributed by atoms with Gasteiger partial charge in [0.05, 0.1) is 15.9 Å². The number of nitrogens with one attached hydrogen (secondary N) is 4. The molecule has 170 valence electrons. The number of carbonyl (C=O) groups is 1. The molecule has 1 amide bonds. The average Bonchev–Trinajstić information content (AvgIpc) is 3.18. The molecular weight excluding hydrogens is 440 g/mol. The van der Waals surface area contributed by atoms with Gasteiger partial charge in [-0.05, 0) is 67.8 Å². The molecule has 0 saturated carbocycles. The van der Waals surface area contributed by atoms with Crippen LogP contribution in [0.1, 0.15) is 29.3 Å². The number of carbonyl (C=O) groups excluding carboxylic acids is 1. The van der Waals surface area contributed by atoms with E-state index in [1.165, 1.54) is 35.9 Å². The fraction of sp³-hybridized carbons (Fsp3) is 0.167. The lowest BCUT2D eigenvalue weighted by Gasteiger charge is -2.14. The molecule has 1 atom stereocenters. The standard InChI is InChI=1S/C24H24N4O4S/c1-16(7-8-17-5-3-2-4-6-17)25-23(29)18-9-11-19(12-10-18)28-33(31,32)20-13-14-21-22(15-20)27-24(30)26-21/h2-6,9-16,28H,7-8H2,1H3,(H,25,29)(H2,26,27,30). The molecule has 4 aromatic rings. The first-order valence-corrected chi connectivity index (χ1v) is 12.0. The van der Waals surface area contributed by atoms with Crippen LogP contribution in [-0.4, -0.2) is 30.3 Å². The van der Waals surface area contributed by atoms with Crippen molar-refractivity contribution in [1.82, 2.24) is 15.3 Å². The summed E-state index contributed by atoms with van der Waals surface area (Å²) in [6, 6.07) is 20.6. The Labute approximate surface area is 191 Å². The Hall–Kier alpha value is -3.85. The Morgan fingerprint density at radius 1 is 0.939 bits per heavy atom. The van der Waals surface area contributed by atoms with Crippen LogP contribution in [0.5, 0.6) is 0 Å². The van der Waals surface area contributed by atoms with E-state index in [0.717, 1.165) is 12.8 Å². The second kappa shape index (κ2) is 9.33. The van der Waals surface area contributed by atoms with E-state index in [2.05, 4.69) is 32.1 Å². The smallest absolute Gasteiger partial charge is 0.323 e. The highest BCUT2D eigenvalue weighted by molar-refractivity contribution is 7.92. The van der Waals surface area contributed by atoms with E-state index in [1.54, 1.807) is 12.1 Å². The number of hydrogen-bond acceptors (Lipinski definition) is 4.